The molecule has 0 atom stereocenters. The average Bonchev–Trinajstić information content (AvgIpc) is 2.58. The lowest BCUT2D eigenvalue weighted by atomic mass is 10.3. The van der Waals surface area contributed by atoms with Gasteiger partial charge in [0.1, 0.15) is 13.1 Å². The number of rotatable bonds is 2. The van der Waals surface area contributed by atoms with Crippen molar-refractivity contribution in [2.24, 2.45) is 0 Å². The van der Waals surface area contributed by atoms with E-state index < -0.39 is 6.03 Å². The third-order valence-corrected chi connectivity index (χ3v) is 3.05. The molecule has 2 aliphatic heterocycles. The zero-order valence-electron chi connectivity index (χ0n) is 9.81. The predicted octanol–water partition coefficient (Wildman–Crippen LogP) is -1.69. The molecule has 2 heterocycles. The summed E-state index contributed by atoms with van der Waals surface area (Å²) >= 11 is 0. The Morgan fingerprint density at radius 2 is 1.88 bits per heavy atom. The van der Waals surface area contributed by atoms with Gasteiger partial charge in [0.25, 0.3) is 0 Å². The van der Waals surface area contributed by atoms with Crippen molar-refractivity contribution in [2.45, 2.75) is 0 Å². The van der Waals surface area contributed by atoms with Gasteiger partial charge in [-0.3, -0.25) is 14.9 Å². The van der Waals surface area contributed by atoms with E-state index in [1.807, 2.05) is 7.05 Å². The molecule has 0 bridgehead atoms. The van der Waals surface area contributed by atoms with Crippen LogP contribution in [0.3, 0.4) is 0 Å². The van der Waals surface area contributed by atoms with Gasteiger partial charge < -0.3 is 14.7 Å². The van der Waals surface area contributed by atoms with E-state index in [0.717, 1.165) is 13.1 Å². The lowest BCUT2D eigenvalue weighted by molar-refractivity contribution is -0.133. The summed E-state index contributed by atoms with van der Waals surface area (Å²) in [5, 5.41) is 2.15. The van der Waals surface area contributed by atoms with Crippen molar-refractivity contribution in [3.8, 4) is 0 Å². The number of urea groups is 1. The Kier molecular flexibility index (Phi) is 3.28. The number of carbonyl (C=O) groups excluding carboxylic acids is 3. The molecule has 2 aliphatic rings. The van der Waals surface area contributed by atoms with Crippen LogP contribution in [0.25, 0.3) is 0 Å². The van der Waals surface area contributed by atoms with Crippen molar-refractivity contribution >= 4 is 17.8 Å². The van der Waals surface area contributed by atoms with Gasteiger partial charge in [0.05, 0.1) is 0 Å². The minimum absolute atomic E-state index is 0.0126. The maximum absolute atomic E-state index is 11.9. The zero-order valence-corrected chi connectivity index (χ0v) is 9.81. The molecule has 4 amide bonds. The highest BCUT2D eigenvalue weighted by Gasteiger charge is 2.30. The van der Waals surface area contributed by atoms with Gasteiger partial charge in [-0.2, -0.15) is 0 Å². The number of nitrogens with zero attached hydrogens (tertiary/aromatic N) is 3. The van der Waals surface area contributed by atoms with Gasteiger partial charge in [-0.05, 0) is 7.05 Å². The van der Waals surface area contributed by atoms with E-state index in [1.165, 1.54) is 4.90 Å². The summed E-state index contributed by atoms with van der Waals surface area (Å²) in [4.78, 5) is 39.2. The average molecular weight is 240 g/mol. The van der Waals surface area contributed by atoms with Crippen LogP contribution in [0.15, 0.2) is 0 Å². The van der Waals surface area contributed by atoms with Crippen LogP contribution in [0.4, 0.5) is 4.79 Å². The molecular formula is C10H16N4O3. The van der Waals surface area contributed by atoms with E-state index in [4.69, 9.17) is 0 Å². The van der Waals surface area contributed by atoms with Crippen LogP contribution in [-0.4, -0.2) is 78.9 Å². The third kappa shape index (κ3) is 2.73. The standard InChI is InChI=1S/C10H16N4O3/c1-12-2-4-13(5-3-12)9(16)7-14-6-8(15)11-10(14)17/h2-7H2,1H3,(H,11,15,17). The van der Waals surface area contributed by atoms with E-state index >= 15 is 0 Å². The highest BCUT2D eigenvalue weighted by Crippen LogP contribution is 2.03. The molecule has 7 nitrogen and oxygen atoms in total. The number of amides is 4. The normalized spacial score (nSPS) is 21.9. The lowest BCUT2D eigenvalue weighted by Gasteiger charge is -2.33. The smallest absolute Gasteiger partial charge is 0.325 e. The summed E-state index contributed by atoms with van der Waals surface area (Å²) in [6.45, 7) is 3.02. The van der Waals surface area contributed by atoms with Gasteiger partial charge in [0.2, 0.25) is 11.8 Å². The van der Waals surface area contributed by atoms with Crippen LogP contribution in [0.2, 0.25) is 0 Å². The van der Waals surface area contributed by atoms with Gasteiger partial charge in [-0.1, -0.05) is 0 Å². The van der Waals surface area contributed by atoms with Crippen LogP contribution < -0.4 is 5.32 Å². The molecular weight excluding hydrogens is 224 g/mol. The van der Waals surface area contributed by atoms with Crippen LogP contribution in [0.5, 0.6) is 0 Å². The van der Waals surface area contributed by atoms with Crippen LogP contribution in [-0.2, 0) is 9.59 Å². The van der Waals surface area contributed by atoms with Gasteiger partial charge in [-0.25, -0.2) is 4.79 Å². The number of imide groups is 1. The second kappa shape index (κ2) is 4.70. The van der Waals surface area contributed by atoms with E-state index in [0.29, 0.717) is 13.1 Å². The van der Waals surface area contributed by atoms with Crippen molar-refractivity contribution in [3.63, 3.8) is 0 Å². The fourth-order valence-electron chi connectivity index (χ4n) is 1.93. The zero-order chi connectivity index (χ0) is 12.4. The molecule has 17 heavy (non-hydrogen) atoms. The second-order valence-electron chi connectivity index (χ2n) is 4.39. The largest absolute Gasteiger partial charge is 0.339 e. The Morgan fingerprint density at radius 3 is 2.41 bits per heavy atom. The number of hydrogen-bond donors (Lipinski definition) is 1. The molecule has 0 radical (unpaired) electrons. The van der Waals surface area contributed by atoms with Crippen LogP contribution >= 0.6 is 0 Å². The molecule has 0 saturated carbocycles. The summed E-state index contributed by atoms with van der Waals surface area (Å²) in [7, 11) is 2.01. The monoisotopic (exact) mass is 240 g/mol. The van der Waals surface area contributed by atoms with E-state index in [2.05, 4.69) is 10.2 Å². The van der Waals surface area contributed by atoms with Crippen LogP contribution in [0, 0.1) is 0 Å². The maximum Gasteiger partial charge on any atom is 0.325 e. The van der Waals surface area contributed by atoms with Crippen molar-refractivity contribution in [3.05, 3.63) is 0 Å². The maximum atomic E-state index is 11.9. The molecule has 94 valence electrons. The summed E-state index contributed by atoms with van der Waals surface area (Å²) < 4.78 is 0. The molecule has 0 spiro atoms. The van der Waals surface area contributed by atoms with Gasteiger partial charge in [0.15, 0.2) is 0 Å². The summed E-state index contributed by atoms with van der Waals surface area (Å²) in [6, 6.07) is -0.475. The Bertz CT molecular complexity index is 349. The molecule has 7 heteroatoms. The number of likely N-dealkylation sites (N-methyl/N-ethyl adjacent to an activating group) is 1. The van der Waals surface area contributed by atoms with Gasteiger partial charge in [-0.15, -0.1) is 0 Å². The summed E-state index contributed by atoms with van der Waals surface area (Å²) in [5.74, 6) is -0.441. The molecule has 0 aromatic heterocycles. The first-order valence-corrected chi connectivity index (χ1v) is 5.61. The SMILES string of the molecule is CN1CCN(C(=O)CN2CC(=O)NC2=O)CC1. The van der Waals surface area contributed by atoms with Gasteiger partial charge >= 0.3 is 6.03 Å². The second-order valence-corrected chi connectivity index (χ2v) is 4.39. The van der Waals surface area contributed by atoms with Crippen molar-refractivity contribution in [1.82, 2.24) is 20.0 Å². The highest BCUT2D eigenvalue weighted by atomic mass is 16.2. The van der Waals surface area contributed by atoms with E-state index in [1.54, 1.807) is 4.90 Å². The molecule has 0 unspecified atom stereocenters. The molecule has 0 aromatic rings. The fourth-order valence-corrected chi connectivity index (χ4v) is 1.93. The quantitative estimate of drug-likeness (QED) is 0.585. The first-order chi connectivity index (χ1) is 8.06. The predicted molar refractivity (Wildman–Crippen MR) is 59.2 cm³/mol. The number of hydrogen-bond acceptors (Lipinski definition) is 4. The molecule has 2 rings (SSSR count). The Balaban J connectivity index is 1.85. The lowest BCUT2D eigenvalue weighted by Crippen LogP contribution is -2.50. The number of carbonyl (C=O) groups is 3. The van der Waals surface area contributed by atoms with Crippen molar-refractivity contribution in [1.29, 1.82) is 0 Å². The first-order valence-electron chi connectivity index (χ1n) is 5.61. The molecule has 0 aromatic carbocycles. The molecule has 2 saturated heterocycles. The van der Waals surface area contributed by atoms with Crippen molar-refractivity contribution in [2.75, 3.05) is 46.3 Å². The van der Waals surface area contributed by atoms with Gasteiger partial charge in [0, 0.05) is 26.2 Å². The summed E-state index contributed by atoms with van der Waals surface area (Å²) in [5.41, 5.74) is 0. The third-order valence-electron chi connectivity index (χ3n) is 3.05. The minimum Gasteiger partial charge on any atom is -0.339 e. The Morgan fingerprint density at radius 1 is 1.24 bits per heavy atom. The highest BCUT2D eigenvalue weighted by molar-refractivity contribution is 6.03. The topological polar surface area (TPSA) is 73.0 Å². The van der Waals surface area contributed by atoms with E-state index in [-0.39, 0.29) is 24.9 Å². The Labute approximate surface area is 99.3 Å². The van der Waals surface area contributed by atoms with Crippen molar-refractivity contribution < 1.29 is 14.4 Å². The number of nitrogens with one attached hydrogen (secondary N) is 1. The minimum atomic E-state index is -0.475. The first kappa shape index (κ1) is 11.8. The fraction of sp³-hybridized carbons (Fsp3) is 0.700. The number of piperazine rings is 1. The molecule has 2 fully saturated rings. The molecule has 1 N–H and O–H groups in total. The van der Waals surface area contributed by atoms with E-state index in [9.17, 15) is 14.4 Å². The van der Waals surface area contributed by atoms with Crippen LogP contribution in [0.1, 0.15) is 0 Å². The Hall–Kier alpha value is -1.63. The molecule has 0 aliphatic carbocycles. The summed E-state index contributed by atoms with van der Waals surface area (Å²) in [6.07, 6.45) is 0.